The lowest BCUT2D eigenvalue weighted by Gasteiger charge is -2.26. The predicted molar refractivity (Wildman–Crippen MR) is 80.0 cm³/mol. The number of carboxylic acids is 1. The van der Waals surface area contributed by atoms with E-state index in [2.05, 4.69) is 10.6 Å². The van der Waals surface area contributed by atoms with Crippen LogP contribution < -0.4 is 15.4 Å². The fourth-order valence-corrected chi connectivity index (χ4v) is 3.38. The lowest BCUT2D eigenvalue weighted by atomic mass is 9.85. The summed E-state index contributed by atoms with van der Waals surface area (Å²) in [5, 5.41) is 14.1. The Labute approximate surface area is 133 Å². The van der Waals surface area contributed by atoms with E-state index in [1.54, 1.807) is 7.11 Å². The monoisotopic (exact) mass is 318 g/mol. The Morgan fingerprint density at radius 1 is 1.39 bits per heavy atom. The molecular weight excluding hydrogens is 300 g/mol. The second-order valence-electron chi connectivity index (χ2n) is 5.98. The van der Waals surface area contributed by atoms with Gasteiger partial charge in [0.25, 0.3) is 5.91 Å². The quantitative estimate of drug-likeness (QED) is 0.677. The summed E-state index contributed by atoms with van der Waals surface area (Å²) >= 11 is 0. The summed E-state index contributed by atoms with van der Waals surface area (Å²) in [6.45, 7) is 0. The Balaban J connectivity index is 1.82. The van der Waals surface area contributed by atoms with E-state index in [-0.39, 0.29) is 5.92 Å². The number of imide groups is 1. The summed E-state index contributed by atoms with van der Waals surface area (Å²) in [7, 11) is 1.57. The summed E-state index contributed by atoms with van der Waals surface area (Å²) in [6, 6.07) is 6.87. The Bertz CT molecular complexity index is 674. The number of rotatable bonds is 6. The zero-order valence-corrected chi connectivity index (χ0v) is 12.7. The summed E-state index contributed by atoms with van der Waals surface area (Å²) in [5.41, 5.74) is -0.239. The highest BCUT2D eigenvalue weighted by Gasteiger charge is 2.62. The smallest absolute Gasteiger partial charge is 0.322 e. The van der Waals surface area contributed by atoms with Gasteiger partial charge in [0.1, 0.15) is 11.3 Å². The first kappa shape index (κ1) is 15.3. The predicted octanol–water partition coefficient (Wildman–Crippen LogP) is 0.927. The van der Waals surface area contributed by atoms with Crippen LogP contribution in [-0.2, 0) is 16.0 Å². The van der Waals surface area contributed by atoms with Crippen LogP contribution in [-0.4, -0.2) is 35.7 Å². The van der Waals surface area contributed by atoms with Crippen molar-refractivity contribution in [3.05, 3.63) is 29.8 Å². The molecule has 0 radical (unpaired) electrons. The number of ether oxygens (including phenoxy) is 1. The zero-order chi connectivity index (χ0) is 16.6. The molecule has 7 heteroatoms. The third-order valence-corrected chi connectivity index (χ3v) is 4.69. The Morgan fingerprint density at radius 2 is 2.13 bits per heavy atom. The molecule has 0 aromatic heterocycles. The molecule has 3 rings (SSSR count). The topological polar surface area (TPSA) is 105 Å². The first-order valence-corrected chi connectivity index (χ1v) is 7.46. The minimum Gasteiger partial charge on any atom is -0.496 e. The number of benzene rings is 1. The Hall–Kier alpha value is -2.57. The lowest BCUT2D eigenvalue weighted by Crippen LogP contribution is -2.50. The maximum absolute atomic E-state index is 12.3. The number of nitrogens with one attached hydrogen (secondary N) is 2. The van der Waals surface area contributed by atoms with Gasteiger partial charge in [0.15, 0.2) is 0 Å². The molecule has 1 unspecified atom stereocenters. The van der Waals surface area contributed by atoms with Gasteiger partial charge in [0.2, 0.25) is 0 Å². The minimum atomic E-state index is -1.15. The zero-order valence-electron chi connectivity index (χ0n) is 12.7. The molecule has 1 aromatic carbocycles. The number of methoxy groups -OCH3 is 1. The Kier molecular flexibility index (Phi) is 3.71. The number of amides is 3. The number of carbonyl (C=O) groups is 3. The maximum atomic E-state index is 12.3. The fourth-order valence-electron chi connectivity index (χ4n) is 3.38. The van der Waals surface area contributed by atoms with Gasteiger partial charge in [-0.05, 0) is 30.9 Å². The van der Waals surface area contributed by atoms with Crippen LogP contribution in [0.3, 0.4) is 0 Å². The van der Waals surface area contributed by atoms with Crippen LogP contribution in [0.15, 0.2) is 24.3 Å². The standard InChI is InChI=1S/C16H18N2O5/c1-23-12-5-3-2-4-9(12)6-7-16(11-8-10(11)13(19)20)14(21)17-15(22)18-16/h2-5,10-11H,6-8H2,1H3,(H,19,20)(H2,17,18,21,22)/t10-,11-,16?/m0/s1. The average Bonchev–Trinajstić information content (AvgIpc) is 3.27. The van der Waals surface area contributed by atoms with E-state index >= 15 is 0 Å². The van der Waals surface area contributed by atoms with Gasteiger partial charge >= 0.3 is 12.0 Å². The van der Waals surface area contributed by atoms with E-state index in [1.165, 1.54) is 0 Å². The van der Waals surface area contributed by atoms with Crippen molar-refractivity contribution in [2.24, 2.45) is 11.8 Å². The van der Waals surface area contributed by atoms with Crippen molar-refractivity contribution in [1.29, 1.82) is 0 Å². The van der Waals surface area contributed by atoms with Gasteiger partial charge in [-0.25, -0.2) is 4.79 Å². The van der Waals surface area contributed by atoms with Gasteiger partial charge in [-0.15, -0.1) is 0 Å². The number of hydrogen-bond acceptors (Lipinski definition) is 4. The van der Waals surface area contributed by atoms with Crippen LogP contribution >= 0.6 is 0 Å². The number of urea groups is 1. The maximum Gasteiger partial charge on any atom is 0.322 e. The normalized spacial score (nSPS) is 28.9. The molecule has 7 nitrogen and oxygen atoms in total. The third-order valence-electron chi connectivity index (χ3n) is 4.69. The van der Waals surface area contributed by atoms with Gasteiger partial charge in [-0.3, -0.25) is 14.9 Å². The molecular formula is C16H18N2O5. The number of carboxylic acid groups (broad SMARTS) is 1. The fraction of sp³-hybridized carbons (Fsp3) is 0.438. The van der Waals surface area contributed by atoms with Crippen molar-refractivity contribution in [2.45, 2.75) is 24.8 Å². The molecule has 2 aliphatic rings. The minimum absolute atomic E-state index is 0.333. The molecule has 1 aromatic rings. The van der Waals surface area contributed by atoms with E-state index in [0.717, 1.165) is 5.56 Å². The third kappa shape index (κ3) is 2.62. The number of aliphatic carboxylic acids is 1. The van der Waals surface area contributed by atoms with Crippen molar-refractivity contribution in [1.82, 2.24) is 10.6 Å². The SMILES string of the molecule is COc1ccccc1CCC1([C@H]2C[C@@H]2C(=O)O)NC(=O)NC1=O. The molecule has 0 bridgehead atoms. The van der Waals surface area contributed by atoms with Gasteiger partial charge in [-0.1, -0.05) is 18.2 Å². The molecule has 2 fully saturated rings. The molecule has 3 amide bonds. The van der Waals surface area contributed by atoms with Crippen molar-refractivity contribution >= 4 is 17.9 Å². The van der Waals surface area contributed by atoms with Crippen LogP contribution in [0.5, 0.6) is 5.75 Å². The molecule has 1 aliphatic carbocycles. The number of carbonyl (C=O) groups excluding carboxylic acids is 2. The van der Waals surface area contributed by atoms with Gasteiger partial charge in [-0.2, -0.15) is 0 Å². The molecule has 3 atom stereocenters. The lowest BCUT2D eigenvalue weighted by molar-refractivity contribution is -0.139. The molecule has 1 aliphatic heterocycles. The van der Waals surface area contributed by atoms with Crippen molar-refractivity contribution in [2.75, 3.05) is 7.11 Å². The van der Waals surface area contributed by atoms with Crippen LogP contribution in [0.1, 0.15) is 18.4 Å². The largest absolute Gasteiger partial charge is 0.496 e. The highest BCUT2D eigenvalue weighted by Crippen LogP contribution is 2.49. The summed E-state index contributed by atoms with van der Waals surface area (Å²) < 4.78 is 5.29. The first-order chi connectivity index (χ1) is 11.0. The van der Waals surface area contributed by atoms with Crippen LogP contribution in [0.2, 0.25) is 0 Å². The molecule has 3 N–H and O–H groups in total. The highest BCUT2D eigenvalue weighted by atomic mass is 16.5. The molecule has 1 saturated carbocycles. The van der Waals surface area contributed by atoms with E-state index in [9.17, 15) is 14.4 Å². The second kappa shape index (κ2) is 5.57. The van der Waals surface area contributed by atoms with Crippen molar-refractivity contribution < 1.29 is 24.2 Å². The molecule has 1 heterocycles. The Morgan fingerprint density at radius 3 is 2.70 bits per heavy atom. The first-order valence-electron chi connectivity index (χ1n) is 7.46. The number of hydrogen-bond donors (Lipinski definition) is 3. The molecule has 122 valence electrons. The summed E-state index contributed by atoms with van der Waals surface area (Å²) in [5.74, 6) is -1.62. The van der Waals surface area contributed by atoms with Crippen molar-refractivity contribution in [3.8, 4) is 5.75 Å². The van der Waals surface area contributed by atoms with Gasteiger partial charge < -0.3 is 15.2 Å². The van der Waals surface area contributed by atoms with E-state index in [0.29, 0.717) is 25.0 Å². The van der Waals surface area contributed by atoms with Gasteiger partial charge in [0, 0.05) is 5.92 Å². The van der Waals surface area contributed by atoms with Crippen LogP contribution in [0, 0.1) is 11.8 Å². The summed E-state index contributed by atoms with van der Waals surface area (Å²) in [6.07, 6.45) is 1.23. The second-order valence-corrected chi connectivity index (χ2v) is 5.98. The van der Waals surface area contributed by atoms with Gasteiger partial charge in [0.05, 0.1) is 13.0 Å². The van der Waals surface area contributed by atoms with E-state index in [4.69, 9.17) is 9.84 Å². The molecule has 23 heavy (non-hydrogen) atoms. The number of aryl methyl sites for hydroxylation is 1. The van der Waals surface area contributed by atoms with Crippen LogP contribution in [0.25, 0.3) is 0 Å². The van der Waals surface area contributed by atoms with Crippen molar-refractivity contribution in [3.63, 3.8) is 0 Å². The highest BCUT2D eigenvalue weighted by molar-refractivity contribution is 6.08. The van der Waals surface area contributed by atoms with Crippen LogP contribution in [0.4, 0.5) is 4.79 Å². The van der Waals surface area contributed by atoms with E-state index < -0.39 is 29.4 Å². The average molecular weight is 318 g/mol. The molecule has 0 spiro atoms. The number of para-hydroxylation sites is 1. The van der Waals surface area contributed by atoms with E-state index in [1.807, 2.05) is 24.3 Å². The summed E-state index contributed by atoms with van der Waals surface area (Å²) in [4.78, 5) is 35.1. The molecule has 1 saturated heterocycles.